The van der Waals surface area contributed by atoms with Crippen LogP contribution in [-0.2, 0) is 19.6 Å². The molecule has 2 rings (SSSR count). The molecule has 8 nitrogen and oxygen atoms in total. The van der Waals surface area contributed by atoms with Gasteiger partial charge in [-0.3, -0.25) is 9.10 Å². The monoisotopic (exact) mass is 448 g/mol. The van der Waals surface area contributed by atoms with E-state index in [9.17, 15) is 18.0 Å². The summed E-state index contributed by atoms with van der Waals surface area (Å²) in [5, 5.41) is 2.77. The van der Waals surface area contributed by atoms with E-state index in [1.165, 1.54) is 38.4 Å². The molecular weight excluding hydrogens is 420 g/mol. The first kappa shape index (κ1) is 24.2. The summed E-state index contributed by atoms with van der Waals surface area (Å²) in [5.74, 6) is -0.568. The average Bonchev–Trinajstić information content (AvgIpc) is 2.80. The van der Waals surface area contributed by atoms with Gasteiger partial charge < -0.3 is 14.8 Å². The molecule has 0 saturated heterocycles. The normalized spacial score (nSPS) is 11.1. The van der Waals surface area contributed by atoms with Crippen molar-refractivity contribution in [3.63, 3.8) is 0 Å². The number of esters is 1. The molecule has 1 N–H and O–H groups in total. The van der Waals surface area contributed by atoms with Crippen molar-refractivity contribution in [3.05, 3.63) is 54.1 Å². The molecule has 1 amide bonds. The Bertz CT molecular complexity index is 1000. The van der Waals surface area contributed by atoms with Crippen LogP contribution in [0.3, 0.4) is 0 Å². The van der Waals surface area contributed by atoms with Crippen LogP contribution in [0.15, 0.2) is 53.4 Å². The van der Waals surface area contributed by atoms with Crippen LogP contribution in [-0.4, -0.2) is 47.1 Å². The smallest absolute Gasteiger partial charge is 0.338 e. The molecule has 0 bridgehead atoms. The standard InChI is InChI=1S/C22H28N2O6S/c1-5-17(6-2)23-21(25)15-30-22(26)16-8-7-9-20(14-16)31(27,28)24(3)18-10-12-19(29-4)13-11-18/h7-14,17H,5-6,15H2,1-4H3,(H,23,25). The number of nitrogens with one attached hydrogen (secondary N) is 1. The molecule has 0 saturated carbocycles. The molecule has 2 aromatic rings. The summed E-state index contributed by atoms with van der Waals surface area (Å²) in [5.41, 5.74) is 0.478. The first-order valence-electron chi connectivity index (χ1n) is 9.92. The molecule has 0 atom stereocenters. The first-order chi connectivity index (χ1) is 14.7. The largest absolute Gasteiger partial charge is 0.497 e. The maximum Gasteiger partial charge on any atom is 0.338 e. The Morgan fingerprint density at radius 2 is 1.71 bits per heavy atom. The van der Waals surface area contributed by atoms with Crippen molar-refractivity contribution in [1.82, 2.24) is 5.32 Å². The minimum atomic E-state index is -3.92. The number of hydrogen-bond donors (Lipinski definition) is 1. The van der Waals surface area contributed by atoms with Crippen LogP contribution < -0.4 is 14.4 Å². The van der Waals surface area contributed by atoms with Crippen LogP contribution >= 0.6 is 0 Å². The molecule has 0 spiro atoms. The van der Waals surface area contributed by atoms with E-state index >= 15 is 0 Å². The number of benzene rings is 2. The van der Waals surface area contributed by atoms with Gasteiger partial charge in [0, 0.05) is 13.1 Å². The highest BCUT2D eigenvalue weighted by atomic mass is 32.2. The van der Waals surface area contributed by atoms with Crippen LogP contribution in [0.5, 0.6) is 5.75 Å². The van der Waals surface area contributed by atoms with E-state index in [2.05, 4.69) is 5.32 Å². The van der Waals surface area contributed by atoms with Gasteiger partial charge in [0.2, 0.25) is 0 Å². The van der Waals surface area contributed by atoms with Crippen molar-refractivity contribution in [3.8, 4) is 5.75 Å². The first-order valence-corrected chi connectivity index (χ1v) is 11.4. The molecule has 9 heteroatoms. The Hall–Kier alpha value is -3.07. The molecule has 0 aliphatic carbocycles. The van der Waals surface area contributed by atoms with Crippen LogP contribution in [0.1, 0.15) is 37.0 Å². The van der Waals surface area contributed by atoms with Crippen molar-refractivity contribution in [1.29, 1.82) is 0 Å². The molecule has 0 unspecified atom stereocenters. The molecule has 0 heterocycles. The summed E-state index contributed by atoms with van der Waals surface area (Å²) in [6.45, 7) is 3.47. The fourth-order valence-electron chi connectivity index (χ4n) is 2.85. The zero-order valence-electron chi connectivity index (χ0n) is 18.1. The summed E-state index contributed by atoms with van der Waals surface area (Å²) in [6.07, 6.45) is 1.55. The predicted octanol–water partition coefficient (Wildman–Crippen LogP) is 2.98. The fraction of sp³-hybridized carbons (Fsp3) is 0.364. The van der Waals surface area contributed by atoms with E-state index in [4.69, 9.17) is 9.47 Å². The van der Waals surface area contributed by atoms with Crippen molar-refractivity contribution in [2.24, 2.45) is 0 Å². The number of sulfonamides is 1. The van der Waals surface area contributed by atoms with Gasteiger partial charge in [-0.2, -0.15) is 0 Å². The quantitative estimate of drug-likeness (QED) is 0.561. The van der Waals surface area contributed by atoms with Gasteiger partial charge in [0.15, 0.2) is 6.61 Å². The lowest BCUT2D eigenvalue weighted by molar-refractivity contribution is -0.125. The number of methoxy groups -OCH3 is 1. The van der Waals surface area contributed by atoms with Crippen LogP contribution in [0.4, 0.5) is 5.69 Å². The summed E-state index contributed by atoms with van der Waals surface area (Å²) in [4.78, 5) is 24.2. The number of amides is 1. The highest BCUT2D eigenvalue weighted by Crippen LogP contribution is 2.24. The lowest BCUT2D eigenvalue weighted by atomic mass is 10.2. The Morgan fingerprint density at radius 3 is 2.29 bits per heavy atom. The Labute approximate surface area is 183 Å². The lowest BCUT2D eigenvalue weighted by Gasteiger charge is -2.20. The summed E-state index contributed by atoms with van der Waals surface area (Å²) >= 11 is 0. The number of hydrogen-bond acceptors (Lipinski definition) is 6. The number of rotatable bonds is 10. The summed E-state index contributed by atoms with van der Waals surface area (Å²) in [7, 11) is -0.972. The van der Waals surface area contributed by atoms with Crippen molar-refractivity contribution >= 4 is 27.6 Å². The zero-order valence-corrected chi connectivity index (χ0v) is 18.9. The predicted molar refractivity (Wildman–Crippen MR) is 118 cm³/mol. The second-order valence-electron chi connectivity index (χ2n) is 6.86. The highest BCUT2D eigenvalue weighted by Gasteiger charge is 2.23. The summed E-state index contributed by atoms with van der Waals surface area (Å²) in [6, 6.07) is 12.1. The Morgan fingerprint density at radius 1 is 1.06 bits per heavy atom. The zero-order chi connectivity index (χ0) is 23.0. The number of carbonyl (C=O) groups is 2. The third-order valence-electron chi connectivity index (χ3n) is 4.85. The Kier molecular flexibility index (Phi) is 8.44. The maximum absolute atomic E-state index is 13.0. The SMILES string of the molecule is CCC(CC)NC(=O)COC(=O)c1cccc(S(=O)(=O)N(C)c2ccc(OC)cc2)c1. The molecule has 0 radical (unpaired) electrons. The molecular formula is C22H28N2O6S. The minimum absolute atomic E-state index is 0.0214. The summed E-state index contributed by atoms with van der Waals surface area (Å²) < 4.78 is 37.2. The van der Waals surface area contributed by atoms with Crippen molar-refractivity contribution < 1.29 is 27.5 Å². The topological polar surface area (TPSA) is 102 Å². The van der Waals surface area contributed by atoms with E-state index in [1.54, 1.807) is 24.3 Å². The molecule has 31 heavy (non-hydrogen) atoms. The Balaban J connectivity index is 2.12. The van der Waals surface area contributed by atoms with Gasteiger partial charge in [0.05, 0.1) is 23.3 Å². The molecule has 0 aliphatic rings. The number of anilines is 1. The molecule has 0 aliphatic heterocycles. The van der Waals surface area contributed by atoms with E-state index in [0.29, 0.717) is 11.4 Å². The third kappa shape index (κ3) is 6.21. The van der Waals surface area contributed by atoms with Gasteiger partial charge >= 0.3 is 5.97 Å². The number of nitrogens with zero attached hydrogens (tertiary/aromatic N) is 1. The van der Waals surface area contributed by atoms with E-state index < -0.39 is 28.5 Å². The van der Waals surface area contributed by atoms with E-state index in [0.717, 1.165) is 17.1 Å². The maximum atomic E-state index is 13.0. The van der Waals surface area contributed by atoms with Crippen molar-refractivity contribution in [2.45, 2.75) is 37.6 Å². The number of ether oxygens (including phenoxy) is 2. The average molecular weight is 449 g/mol. The molecule has 168 valence electrons. The highest BCUT2D eigenvalue weighted by molar-refractivity contribution is 7.92. The molecule has 0 fully saturated rings. The number of carbonyl (C=O) groups excluding carboxylic acids is 2. The minimum Gasteiger partial charge on any atom is -0.497 e. The van der Waals surface area contributed by atoms with Gasteiger partial charge in [0.1, 0.15) is 5.75 Å². The van der Waals surface area contributed by atoms with Crippen LogP contribution in [0.25, 0.3) is 0 Å². The van der Waals surface area contributed by atoms with Crippen LogP contribution in [0, 0.1) is 0 Å². The second-order valence-corrected chi connectivity index (χ2v) is 8.82. The van der Waals surface area contributed by atoms with Gasteiger partial charge in [-0.05, 0) is 55.3 Å². The third-order valence-corrected chi connectivity index (χ3v) is 6.63. The van der Waals surface area contributed by atoms with E-state index in [-0.39, 0.29) is 16.5 Å². The van der Waals surface area contributed by atoms with Crippen molar-refractivity contribution in [2.75, 3.05) is 25.1 Å². The van der Waals surface area contributed by atoms with Gasteiger partial charge in [-0.25, -0.2) is 13.2 Å². The molecule has 0 aromatic heterocycles. The van der Waals surface area contributed by atoms with Gasteiger partial charge in [-0.15, -0.1) is 0 Å². The lowest BCUT2D eigenvalue weighted by Crippen LogP contribution is -2.36. The van der Waals surface area contributed by atoms with Gasteiger partial charge in [0.25, 0.3) is 15.9 Å². The molecule has 2 aromatic carbocycles. The fourth-order valence-corrected chi connectivity index (χ4v) is 4.09. The van der Waals surface area contributed by atoms with E-state index in [1.807, 2.05) is 13.8 Å². The van der Waals surface area contributed by atoms with Crippen LogP contribution in [0.2, 0.25) is 0 Å². The van der Waals surface area contributed by atoms with Gasteiger partial charge in [-0.1, -0.05) is 19.9 Å². The second kappa shape index (κ2) is 10.8.